The molecule has 3 rings (SSSR count). The summed E-state index contributed by atoms with van der Waals surface area (Å²) in [7, 11) is 0. The van der Waals surface area contributed by atoms with E-state index < -0.39 is 0 Å². The number of benzene rings is 1. The van der Waals surface area contributed by atoms with Gasteiger partial charge < -0.3 is 10.1 Å². The summed E-state index contributed by atoms with van der Waals surface area (Å²) in [6.07, 6.45) is 2.69. The second-order valence-corrected chi connectivity index (χ2v) is 5.95. The molecule has 4 heteroatoms. The third-order valence-corrected chi connectivity index (χ3v) is 3.99. The molecule has 0 aromatic heterocycles. The molecule has 0 amide bonds. The van der Waals surface area contributed by atoms with E-state index in [0.717, 1.165) is 44.5 Å². The molecule has 2 fully saturated rings. The molecule has 1 unspecified atom stereocenters. The minimum Gasteiger partial charge on any atom is -0.493 e. The van der Waals surface area contributed by atoms with Crippen LogP contribution in [0.1, 0.15) is 25.3 Å². The number of ether oxygens (including phenoxy) is 1. The first-order valence-electron chi connectivity index (χ1n) is 7.47. The molecule has 2 aliphatic rings. The lowest BCUT2D eigenvalue weighted by Crippen LogP contribution is -2.48. The third kappa shape index (κ3) is 4.37. The van der Waals surface area contributed by atoms with Gasteiger partial charge in [-0.25, -0.2) is 0 Å². The molecule has 1 N–H and O–H groups in total. The highest BCUT2D eigenvalue weighted by atomic mass is 35.5. The van der Waals surface area contributed by atoms with Crippen molar-refractivity contribution in [2.24, 2.45) is 5.92 Å². The second-order valence-electron chi connectivity index (χ2n) is 5.95. The lowest BCUT2D eigenvalue weighted by molar-refractivity contribution is 0.195. The van der Waals surface area contributed by atoms with E-state index in [1.165, 1.54) is 18.4 Å². The largest absolute Gasteiger partial charge is 0.493 e. The Balaban J connectivity index is 0.00000147. The van der Waals surface area contributed by atoms with Crippen molar-refractivity contribution in [2.75, 3.05) is 26.2 Å². The van der Waals surface area contributed by atoms with Crippen LogP contribution in [0, 0.1) is 5.92 Å². The maximum Gasteiger partial charge on any atom is 0.123 e. The minimum atomic E-state index is 0. The Morgan fingerprint density at radius 1 is 1.30 bits per heavy atom. The molecule has 1 aromatic rings. The van der Waals surface area contributed by atoms with Gasteiger partial charge >= 0.3 is 0 Å². The number of piperazine rings is 1. The number of hydrogen-bond acceptors (Lipinski definition) is 3. The minimum absolute atomic E-state index is 0. The Kier molecular flexibility index (Phi) is 5.70. The van der Waals surface area contributed by atoms with Crippen molar-refractivity contribution in [1.82, 2.24) is 10.2 Å². The first kappa shape index (κ1) is 15.6. The summed E-state index contributed by atoms with van der Waals surface area (Å²) in [5.74, 6) is 1.90. The van der Waals surface area contributed by atoms with Crippen LogP contribution < -0.4 is 10.1 Å². The van der Waals surface area contributed by atoms with Crippen molar-refractivity contribution in [3.63, 3.8) is 0 Å². The molecule has 0 spiro atoms. The predicted molar refractivity (Wildman–Crippen MR) is 84.7 cm³/mol. The van der Waals surface area contributed by atoms with E-state index >= 15 is 0 Å². The molecule has 1 heterocycles. The van der Waals surface area contributed by atoms with Crippen LogP contribution in [0.15, 0.2) is 24.3 Å². The van der Waals surface area contributed by atoms with Crippen molar-refractivity contribution in [2.45, 2.75) is 32.4 Å². The summed E-state index contributed by atoms with van der Waals surface area (Å²) in [4.78, 5) is 2.51. The summed E-state index contributed by atoms with van der Waals surface area (Å²) >= 11 is 0. The normalized spacial score (nSPS) is 23.1. The van der Waals surface area contributed by atoms with E-state index in [0.29, 0.717) is 6.04 Å². The SMILES string of the molecule is CC1CN(Cc2ccccc2OCC2CC2)CCN1.Cl. The highest BCUT2D eigenvalue weighted by molar-refractivity contribution is 5.85. The molecule has 1 atom stereocenters. The average Bonchev–Trinajstić information content (AvgIpc) is 3.22. The standard InChI is InChI=1S/C16H24N2O.ClH/c1-13-10-18(9-8-17-13)11-15-4-2-3-5-16(15)19-12-14-6-7-14;/h2-5,13-14,17H,6-12H2,1H3;1H. The number of nitrogens with zero attached hydrogens (tertiary/aromatic N) is 1. The van der Waals surface area contributed by atoms with Crippen molar-refractivity contribution in [3.05, 3.63) is 29.8 Å². The quantitative estimate of drug-likeness (QED) is 0.904. The number of para-hydroxylation sites is 1. The average molecular weight is 297 g/mol. The van der Waals surface area contributed by atoms with Crippen LogP contribution in [-0.4, -0.2) is 37.2 Å². The van der Waals surface area contributed by atoms with Crippen LogP contribution in [0.25, 0.3) is 0 Å². The monoisotopic (exact) mass is 296 g/mol. The van der Waals surface area contributed by atoms with Gasteiger partial charge in [-0.3, -0.25) is 4.90 Å². The summed E-state index contributed by atoms with van der Waals surface area (Å²) < 4.78 is 5.99. The number of halogens is 1. The fourth-order valence-electron chi connectivity index (χ4n) is 2.66. The van der Waals surface area contributed by atoms with Crippen LogP contribution >= 0.6 is 12.4 Å². The van der Waals surface area contributed by atoms with Crippen LogP contribution in [0.3, 0.4) is 0 Å². The zero-order valence-electron chi connectivity index (χ0n) is 12.2. The molecule has 1 aliphatic heterocycles. The summed E-state index contributed by atoms with van der Waals surface area (Å²) in [6.45, 7) is 7.49. The highest BCUT2D eigenvalue weighted by Crippen LogP contribution is 2.30. The molecule has 112 valence electrons. The molecule has 0 radical (unpaired) electrons. The Hall–Kier alpha value is -0.770. The fourth-order valence-corrected chi connectivity index (χ4v) is 2.66. The van der Waals surface area contributed by atoms with Crippen molar-refractivity contribution < 1.29 is 4.74 Å². The van der Waals surface area contributed by atoms with Crippen molar-refractivity contribution in [1.29, 1.82) is 0 Å². The van der Waals surface area contributed by atoms with E-state index in [-0.39, 0.29) is 12.4 Å². The Morgan fingerprint density at radius 3 is 2.85 bits per heavy atom. The van der Waals surface area contributed by atoms with Gasteiger partial charge in [-0.2, -0.15) is 0 Å². The molecular weight excluding hydrogens is 272 g/mol. The molecule has 20 heavy (non-hydrogen) atoms. The first-order valence-corrected chi connectivity index (χ1v) is 7.47. The van der Waals surface area contributed by atoms with Gasteiger partial charge in [-0.05, 0) is 31.7 Å². The van der Waals surface area contributed by atoms with Gasteiger partial charge in [-0.15, -0.1) is 12.4 Å². The summed E-state index contributed by atoms with van der Waals surface area (Å²) in [5.41, 5.74) is 1.33. The van der Waals surface area contributed by atoms with Crippen LogP contribution in [-0.2, 0) is 6.54 Å². The zero-order valence-corrected chi connectivity index (χ0v) is 13.0. The topological polar surface area (TPSA) is 24.5 Å². The predicted octanol–water partition coefficient (Wildman–Crippen LogP) is 2.69. The summed E-state index contributed by atoms with van der Waals surface area (Å²) in [6, 6.07) is 9.10. The summed E-state index contributed by atoms with van der Waals surface area (Å²) in [5, 5.41) is 3.49. The van der Waals surface area contributed by atoms with E-state index in [2.05, 4.69) is 41.4 Å². The van der Waals surface area contributed by atoms with Gasteiger partial charge in [0.05, 0.1) is 6.61 Å². The van der Waals surface area contributed by atoms with E-state index in [1.807, 2.05) is 0 Å². The molecule has 1 aromatic carbocycles. The van der Waals surface area contributed by atoms with Crippen LogP contribution in [0.2, 0.25) is 0 Å². The Bertz CT molecular complexity index is 423. The molecule has 3 nitrogen and oxygen atoms in total. The fraction of sp³-hybridized carbons (Fsp3) is 0.625. The number of rotatable bonds is 5. The molecule has 1 saturated heterocycles. The van der Waals surface area contributed by atoms with E-state index in [9.17, 15) is 0 Å². The smallest absolute Gasteiger partial charge is 0.123 e. The van der Waals surface area contributed by atoms with Crippen LogP contribution in [0.4, 0.5) is 0 Å². The Morgan fingerprint density at radius 2 is 2.10 bits per heavy atom. The lowest BCUT2D eigenvalue weighted by Gasteiger charge is -2.32. The van der Waals surface area contributed by atoms with Gasteiger partial charge in [0.2, 0.25) is 0 Å². The number of hydrogen-bond donors (Lipinski definition) is 1. The molecule has 0 bridgehead atoms. The maximum atomic E-state index is 5.99. The molecule has 1 aliphatic carbocycles. The molecule has 1 saturated carbocycles. The Labute approximate surface area is 128 Å². The third-order valence-electron chi connectivity index (χ3n) is 3.99. The van der Waals surface area contributed by atoms with Crippen molar-refractivity contribution >= 4 is 12.4 Å². The second kappa shape index (κ2) is 7.30. The van der Waals surface area contributed by atoms with Gasteiger partial charge in [0.15, 0.2) is 0 Å². The van der Waals surface area contributed by atoms with Gasteiger partial charge in [0, 0.05) is 37.8 Å². The zero-order chi connectivity index (χ0) is 13.1. The van der Waals surface area contributed by atoms with Gasteiger partial charge in [0.1, 0.15) is 5.75 Å². The van der Waals surface area contributed by atoms with Gasteiger partial charge in [-0.1, -0.05) is 18.2 Å². The first-order chi connectivity index (χ1) is 9.31. The number of nitrogens with one attached hydrogen (secondary N) is 1. The van der Waals surface area contributed by atoms with E-state index in [1.54, 1.807) is 0 Å². The molecular formula is C16H25ClN2O. The lowest BCUT2D eigenvalue weighted by atomic mass is 10.1. The van der Waals surface area contributed by atoms with E-state index in [4.69, 9.17) is 4.74 Å². The highest BCUT2D eigenvalue weighted by Gasteiger charge is 2.22. The maximum absolute atomic E-state index is 5.99. The van der Waals surface area contributed by atoms with Crippen molar-refractivity contribution in [3.8, 4) is 5.75 Å². The van der Waals surface area contributed by atoms with Crippen LogP contribution in [0.5, 0.6) is 5.75 Å². The van der Waals surface area contributed by atoms with Gasteiger partial charge in [0.25, 0.3) is 0 Å².